The summed E-state index contributed by atoms with van der Waals surface area (Å²) in [5.41, 5.74) is 2.72. The minimum Gasteiger partial charge on any atom is -0.478 e. The van der Waals surface area contributed by atoms with E-state index in [4.69, 9.17) is 5.11 Å². The Balaban J connectivity index is 1.60. The Kier molecular flexibility index (Phi) is 6.49. The molecular formula is C21H26N4O3. The van der Waals surface area contributed by atoms with Gasteiger partial charge in [0.05, 0.1) is 16.9 Å². The van der Waals surface area contributed by atoms with Crippen LogP contribution in [0.5, 0.6) is 0 Å². The van der Waals surface area contributed by atoms with Gasteiger partial charge in [-0.15, -0.1) is 0 Å². The number of rotatable bonds is 6. The maximum absolute atomic E-state index is 12.4. The van der Waals surface area contributed by atoms with Crippen LogP contribution in [-0.2, 0) is 6.54 Å². The monoisotopic (exact) mass is 382 g/mol. The Morgan fingerprint density at radius 2 is 1.79 bits per heavy atom. The van der Waals surface area contributed by atoms with Crippen LogP contribution in [0.15, 0.2) is 48.5 Å². The Hall–Kier alpha value is -3.06. The molecule has 2 aromatic rings. The van der Waals surface area contributed by atoms with Gasteiger partial charge in [0.1, 0.15) is 0 Å². The van der Waals surface area contributed by atoms with Gasteiger partial charge in [-0.25, -0.2) is 9.59 Å². The second kappa shape index (κ2) is 9.23. The lowest BCUT2D eigenvalue weighted by atomic mass is 10.1. The molecule has 1 aliphatic heterocycles. The fourth-order valence-electron chi connectivity index (χ4n) is 3.32. The molecule has 7 heteroatoms. The maximum atomic E-state index is 12.4. The number of carboxylic acid groups (broad SMARTS) is 1. The molecule has 3 rings (SSSR count). The van der Waals surface area contributed by atoms with Crippen LogP contribution in [-0.4, -0.2) is 54.7 Å². The average molecular weight is 382 g/mol. The van der Waals surface area contributed by atoms with Gasteiger partial charge in [-0.05, 0) is 36.4 Å². The molecule has 1 aliphatic rings. The summed E-state index contributed by atoms with van der Waals surface area (Å²) in [6, 6.07) is 14.0. The van der Waals surface area contributed by atoms with E-state index in [1.807, 2.05) is 24.3 Å². The van der Waals surface area contributed by atoms with E-state index in [1.54, 1.807) is 18.2 Å². The van der Waals surface area contributed by atoms with E-state index >= 15 is 0 Å². The van der Waals surface area contributed by atoms with Crippen LogP contribution in [0.3, 0.4) is 0 Å². The Morgan fingerprint density at radius 3 is 2.50 bits per heavy atom. The lowest BCUT2D eigenvalue weighted by molar-refractivity contribution is 0.0696. The van der Waals surface area contributed by atoms with E-state index < -0.39 is 5.97 Å². The highest BCUT2D eigenvalue weighted by Crippen LogP contribution is 2.26. The molecule has 0 radical (unpaired) electrons. The zero-order valence-electron chi connectivity index (χ0n) is 16.0. The number of hydrogen-bond acceptors (Lipinski definition) is 4. The Bertz CT molecular complexity index is 832. The molecule has 0 aromatic heterocycles. The van der Waals surface area contributed by atoms with E-state index in [9.17, 15) is 9.59 Å². The van der Waals surface area contributed by atoms with E-state index in [2.05, 4.69) is 27.4 Å². The lowest BCUT2D eigenvalue weighted by Gasteiger charge is -2.36. The predicted molar refractivity (Wildman–Crippen MR) is 110 cm³/mol. The maximum Gasteiger partial charge on any atom is 0.335 e. The first-order chi connectivity index (χ1) is 13.6. The summed E-state index contributed by atoms with van der Waals surface area (Å²) in [6.45, 7) is 7.35. The molecule has 0 spiro atoms. The smallest absolute Gasteiger partial charge is 0.335 e. The van der Waals surface area contributed by atoms with Crippen molar-refractivity contribution < 1.29 is 14.7 Å². The van der Waals surface area contributed by atoms with Crippen LogP contribution in [0.25, 0.3) is 0 Å². The van der Waals surface area contributed by atoms with E-state index in [-0.39, 0.29) is 18.1 Å². The molecule has 0 aliphatic carbocycles. The molecular weight excluding hydrogens is 356 g/mol. The number of carboxylic acids is 1. The van der Waals surface area contributed by atoms with Gasteiger partial charge in [-0.1, -0.05) is 31.2 Å². The lowest BCUT2D eigenvalue weighted by Crippen LogP contribution is -2.46. The molecule has 1 saturated heterocycles. The molecule has 0 bridgehead atoms. The first-order valence-corrected chi connectivity index (χ1v) is 9.50. The van der Waals surface area contributed by atoms with Gasteiger partial charge in [0.2, 0.25) is 0 Å². The number of aromatic carboxylic acids is 1. The molecule has 2 aromatic carbocycles. The molecule has 2 amide bonds. The van der Waals surface area contributed by atoms with Crippen molar-refractivity contribution in [2.24, 2.45) is 0 Å². The van der Waals surface area contributed by atoms with Crippen LogP contribution in [0, 0.1) is 0 Å². The Morgan fingerprint density at radius 1 is 1.04 bits per heavy atom. The number of nitrogens with one attached hydrogen (secondary N) is 2. The number of carbonyl (C=O) groups excluding carboxylic acids is 1. The van der Waals surface area contributed by atoms with E-state index in [0.717, 1.165) is 49.7 Å². The fourth-order valence-corrected chi connectivity index (χ4v) is 3.32. The van der Waals surface area contributed by atoms with E-state index in [1.165, 1.54) is 6.07 Å². The molecule has 1 fully saturated rings. The zero-order chi connectivity index (χ0) is 19.9. The second-order valence-corrected chi connectivity index (χ2v) is 6.75. The highest BCUT2D eigenvalue weighted by molar-refractivity contribution is 5.93. The summed E-state index contributed by atoms with van der Waals surface area (Å²) >= 11 is 0. The number of likely N-dealkylation sites (N-methyl/N-ethyl adjacent to an activating group) is 1. The largest absolute Gasteiger partial charge is 0.478 e. The van der Waals surface area contributed by atoms with Gasteiger partial charge >= 0.3 is 12.0 Å². The van der Waals surface area contributed by atoms with Crippen molar-refractivity contribution in [1.29, 1.82) is 0 Å². The van der Waals surface area contributed by atoms with Gasteiger partial charge in [0.15, 0.2) is 0 Å². The van der Waals surface area contributed by atoms with Crippen LogP contribution in [0.2, 0.25) is 0 Å². The third-order valence-corrected chi connectivity index (χ3v) is 4.94. The summed E-state index contributed by atoms with van der Waals surface area (Å²) < 4.78 is 0. The summed E-state index contributed by atoms with van der Waals surface area (Å²) in [4.78, 5) is 28.1. The molecule has 0 unspecified atom stereocenters. The molecule has 1 heterocycles. The van der Waals surface area contributed by atoms with Crippen molar-refractivity contribution in [2.75, 3.05) is 42.9 Å². The number of carbonyl (C=O) groups is 2. The van der Waals surface area contributed by atoms with Crippen molar-refractivity contribution in [1.82, 2.24) is 10.2 Å². The zero-order valence-corrected chi connectivity index (χ0v) is 16.0. The number of hydrogen-bond donors (Lipinski definition) is 3. The van der Waals surface area contributed by atoms with Crippen molar-refractivity contribution in [3.63, 3.8) is 0 Å². The predicted octanol–water partition coefficient (Wildman–Crippen LogP) is 2.85. The third kappa shape index (κ3) is 5.01. The molecule has 0 atom stereocenters. The van der Waals surface area contributed by atoms with Crippen molar-refractivity contribution in [2.45, 2.75) is 13.5 Å². The first-order valence-electron chi connectivity index (χ1n) is 9.50. The number of piperazine rings is 1. The number of anilines is 2. The SMILES string of the molecule is CCN1CCN(c2ccccc2NC(=O)NCc2cccc(C(=O)O)c2)CC1. The van der Waals surface area contributed by atoms with Gasteiger partial charge < -0.3 is 25.5 Å². The van der Waals surface area contributed by atoms with Gasteiger partial charge in [-0.2, -0.15) is 0 Å². The molecule has 3 N–H and O–H groups in total. The molecule has 148 valence electrons. The van der Waals surface area contributed by atoms with E-state index in [0.29, 0.717) is 0 Å². The number of urea groups is 1. The normalized spacial score (nSPS) is 14.5. The van der Waals surface area contributed by atoms with Crippen LogP contribution < -0.4 is 15.5 Å². The van der Waals surface area contributed by atoms with Crippen molar-refractivity contribution >= 4 is 23.4 Å². The third-order valence-electron chi connectivity index (χ3n) is 4.94. The first kappa shape index (κ1) is 19.7. The van der Waals surface area contributed by atoms with Crippen LogP contribution in [0.4, 0.5) is 16.2 Å². The highest BCUT2D eigenvalue weighted by Gasteiger charge is 2.18. The molecule has 7 nitrogen and oxygen atoms in total. The van der Waals surface area contributed by atoms with Gasteiger partial charge in [0.25, 0.3) is 0 Å². The van der Waals surface area contributed by atoms with Gasteiger partial charge in [0, 0.05) is 32.7 Å². The van der Waals surface area contributed by atoms with Crippen LogP contribution >= 0.6 is 0 Å². The summed E-state index contributed by atoms with van der Waals surface area (Å²) in [7, 11) is 0. The number of amides is 2. The Labute approximate surface area is 165 Å². The standard InChI is InChI=1S/C21H26N4O3/c1-2-24-10-12-25(13-11-24)19-9-4-3-8-18(19)23-21(28)22-15-16-6-5-7-17(14-16)20(26)27/h3-9,14H,2,10-13,15H2,1H3,(H,26,27)(H2,22,23,28). The number of nitrogens with zero attached hydrogens (tertiary/aromatic N) is 2. The minimum absolute atomic E-state index is 0.205. The molecule has 28 heavy (non-hydrogen) atoms. The summed E-state index contributed by atoms with van der Waals surface area (Å²) in [6.07, 6.45) is 0. The van der Waals surface area contributed by atoms with Crippen molar-refractivity contribution in [3.05, 3.63) is 59.7 Å². The molecule has 0 saturated carbocycles. The second-order valence-electron chi connectivity index (χ2n) is 6.75. The highest BCUT2D eigenvalue weighted by atomic mass is 16.4. The minimum atomic E-state index is -0.983. The number of para-hydroxylation sites is 2. The average Bonchev–Trinajstić information content (AvgIpc) is 2.73. The quantitative estimate of drug-likeness (QED) is 0.715. The summed E-state index contributed by atoms with van der Waals surface area (Å²) in [5, 5.41) is 14.8. The summed E-state index contributed by atoms with van der Waals surface area (Å²) in [5.74, 6) is -0.983. The number of benzene rings is 2. The van der Waals surface area contributed by atoms with Crippen molar-refractivity contribution in [3.8, 4) is 0 Å². The topological polar surface area (TPSA) is 84.9 Å². The fraction of sp³-hybridized carbons (Fsp3) is 0.333. The van der Waals surface area contributed by atoms with Gasteiger partial charge in [-0.3, -0.25) is 0 Å². The van der Waals surface area contributed by atoms with Crippen LogP contribution in [0.1, 0.15) is 22.8 Å².